The van der Waals surface area contributed by atoms with Crippen LogP contribution < -0.4 is 5.32 Å². The van der Waals surface area contributed by atoms with Crippen LogP contribution in [0.3, 0.4) is 0 Å². The minimum atomic E-state index is -0.405. The number of halogens is 1. The number of benzene rings is 2. The lowest BCUT2D eigenvalue weighted by Gasteiger charge is -2.17. The van der Waals surface area contributed by atoms with Crippen LogP contribution in [0.4, 0.5) is 10.1 Å². The van der Waals surface area contributed by atoms with Crippen molar-refractivity contribution in [2.24, 2.45) is 0 Å². The first-order chi connectivity index (χ1) is 10.7. The number of nitrogens with zero attached hydrogens (tertiary/aromatic N) is 1. The molecule has 0 spiro atoms. The minimum absolute atomic E-state index is 0.284. The monoisotopic (exact) mass is 298 g/mol. The van der Waals surface area contributed by atoms with Crippen molar-refractivity contribution in [1.82, 2.24) is 4.90 Å². The van der Waals surface area contributed by atoms with Gasteiger partial charge in [-0.3, -0.25) is 9.69 Å². The Labute approximate surface area is 129 Å². The molecule has 1 saturated heterocycles. The molecule has 1 aliphatic rings. The van der Waals surface area contributed by atoms with Crippen LogP contribution in [0.1, 0.15) is 28.8 Å². The summed E-state index contributed by atoms with van der Waals surface area (Å²) in [6.07, 6.45) is 2.47. The van der Waals surface area contributed by atoms with Gasteiger partial charge in [-0.15, -0.1) is 0 Å². The van der Waals surface area contributed by atoms with Crippen LogP contribution in [0.15, 0.2) is 48.5 Å². The van der Waals surface area contributed by atoms with Crippen molar-refractivity contribution in [1.29, 1.82) is 0 Å². The molecule has 0 bridgehead atoms. The first-order valence-corrected chi connectivity index (χ1v) is 7.59. The van der Waals surface area contributed by atoms with E-state index >= 15 is 0 Å². The van der Waals surface area contributed by atoms with Gasteiger partial charge >= 0.3 is 0 Å². The zero-order valence-corrected chi connectivity index (χ0v) is 12.4. The fourth-order valence-corrected chi connectivity index (χ4v) is 2.79. The zero-order valence-electron chi connectivity index (χ0n) is 12.4. The lowest BCUT2D eigenvalue weighted by atomic mass is 10.1. The van der Waals surface area contributed by atoms with Crippen LogP contribution in [-0.2, 0) is 6.54 Å². The van der Waals surface area contributed by atoms with E-state index in [1.165, 1.54) is 25.0 Å². The highest BCUT2D eigenvalue weighted by Gasteiger charge is 2.15. The molecule has 4 heteroatoms. The quantitative estimate of drug-likeness (QED) is 0.934. The summed E-state index contributed by atoms with van der Waals surface area (Å²) < 4.78 is 13.2. The van der Waals surface area contributed by atoms with E-state index in [0.29, 0.717) is 5.56 Å². The Bertz CT molecular complexity index is 666. The van der Waals surface area contributed by atoms with Crippen LogP contribution in [0.25, 0.3) is 0 Å². The summed E-state index contributed by atoms with van der Waals surface area (Å²) >= 11 is 0. The molecule has 0 aliphatic carbocycles. The maximum Gasteiger partial charge on any atom is 0.255 e. The van der Waals surface area contributed by atoms with Crippen molar-refractivity contribution in [2.45, 2.75) is 19.4 Å². The Morgan fingerprint density at radius 2 is 1.86 bits per heavy atom. The molecular formula is C18H19FN2O. The van der Waals surface area contributed by atoms with E-state index in [1.54, 1.807) is 12.1 Å². The molecule has 0 aromatic heterocycles. The molecule has 1 fully saturated rings. The first kappa shape index (κ1) is 14.7. The Balaban J connectivity index is 1.75. The third-order valence-electron chi connectivity index (χ3n) is 3.95. The maximum absolute atomic E-state index is 13.2. The standard InChI is InChI=1S/C18H19FN2O/c19-16-8-5-7-14(12-16)18(22)20-17-9-2-1-6-15(17)13-21-10-3-4-11-21/h1-2,5-9,12H,3-4,10-11,13H2,(H,20,22). The second kappa shape index (κ2) is 6.71. The van der Waals surface area contributed by atoms with Gasteiger partial charge in [0.05, 0.1) is 0 Å². The summed E-state index contributed by atoms with van der Waals surface area (Å²) in [4.78, 5) is 14.6. The predicted molar refractivity (Wildman–Crippen MR) is 85.3 cm³/mol. The number of hydrogen-bond acceptors (Lipinski definition) is 2. The molecule has 2 aromatic rings. The van der Waals surface area contributed by atoms with Crippen molar-refractivity contribution in [3.63, 3.8) is 0 Å². The average Bonchev–Trinajstić information content (AvgIpc) is 3.02. The average molecular weight is 298 g/mol. The van der Waals surface area contributed by atoms with Gasteiger partial charge in [-0.25, -0.2) is 4.39 Å². The van der Waals surface area contributed by atoms with Gasteiger partial charge in [0, 0.05) is 17.8 Å². The Hall–Kier alpha value is -2.20. The number of hydrogen-bond donors (Lipinski definition) is 1. The topological polar surface area (TPSA) is 32.3 Å². The molecule has 3 rings (SSSR count). The number of rotatable bonds is 4. The molecule has 0 saturated carbocycles. The largest absolute Gasteiger partial charge is 0.322 e. The Morgan fingerprint density at radius 3 is 2.64 bits per heavy atom. The van der Waals surface area contributed by atoms with E-state index in [9.17, 15) is 9.18 Å². The number of amides is 1. The SMILES string of the molecule is O=C(Nc1ccccc1CN1CCCC1)c1cccc(F)c1. The van der Waals surface area contributed by atoms with E-state index in [-0.39, 0.29) is 5.91 Å². The summed E-state index contributed by atoms with van der Waals surface area (Å²) in [5.74, 6) is -0.689. The molecule has 1 N–H and O–H groups in total. The molecule has 3 nitrogen and oxygen atoms in total. The smallest absolute Gasteiger partial charge is 0.255 e. The zero-order chi connectivity index (χ0) is 15.4. The highest BCUT2D eigenvalue weighted by molar-refractivity contribution is 6.04. The van der Waals surface area contributed by atoms with Gasteiger partial charge in [-0.2, -0.15) is 0 Å². The number of likely N-dealkylation sites (tertiary alicyclic amines) is 1. The molecule has 1 heterocycles. The molecule has 2 aromatic carbocycles. The lowest BCUT2D eigenvalue weighted by Crippen LogP contribution is -2.20. The third kappa shape index (κ3) is 3.52. The van der Waals surface area contributed by atoms with Crippen LogP contribution >= 0.6 is 0 Å². The van der Waals surface area contributed by atoms with Crippen molar-refractivity contribution >= 4 is 11.6 Å². The number of para-hydroxylation sites is 1. The number of carbonyl (C=O) groups excluding carboxylic acids is 1. The van der Waals surface area contributed by atoms with Crippen LogP contribution in [0.5, 0.6) is 0 Å². The van der Waals surface area contributed by atoms with Crippen molar-refractivity contribution < 1.29 is 9.18 Å². The molecule has 1 aliphatic heterocycles. The number of nitrogens with one attached hydrogen (secondary N) is 1. The fourth-order valence-electron chi connectivity index (χ4n) is 2.79. The van der Waals surface area contributed by atoms with Crippen molar-refractivity contribution in [3.05, 3.63) is 65.5 Å². The van der Waals surface area contributed by atoms with Gasteiger partial charge in [0.15, 0.2) is 0 Å². The molecule has 0 atom stereocenters. The van der Waals surface area contributed by atoms with Crippen molar-refractivity contribution in [2.75, 3.05) is 18.4 Å². The molecule has 22 heavy (non-hydrogen) atoms. The molecule has 0 unspecified atom stereocenters. The van der Waals surface area contributed by atoms with E-state index in [1.807, 2.05) is 24.3 Å². The first-order valence-electron chi connectivity index (χ1n) is 7.59. The maximum atomic E-state index is 13.2. The highest BCUT2D eigenvalue weighted by Crippen LogP contribution is 2.20. The van der Waals surface area contributed by atoms with Gasteiger partial charge in [-0.05, 0) is 55.8 Å². The Kier molecular flexibility index (Phi) is 4.49. The minimum Gasteiger partial charge on any atom is -0.322 e. The van der Waals surface area contributed by atoms with Gasteiger partial charge in [0.2, 0.25) is 0 Å². The second-order valence-electron chi connectivity index (χ2n) is 5.60. The van der Waals surface area contributed by atoms with Crippen LogP contribution in [0.2, 0.25) is 0 Å². The Morgan fingerprint density at radius 1 is 1.09 bits per heavy atom. The second-order valence-corrected chi connectivity index (χ2v) is 5.60. The van der Waals surface area contributed by atoms with Gasteiger partial charge in [-0.1, -0.05) is 24.3 Å². The molecular weight excluding hydrogens is 279 g/mol. The fraction of sp³-hybridized carbons (Fsp3) is 0.278. The lowest BCUT2D eigenvalue weighted by molar-refractivity contribution is 0.102. The van der Waals surface area contributed by atoms with Crippen LogP contribution in [0, 0.1) is 5.82 Å². The number of carbonyl (C=O) groups is 1. The molecule has 0 radical (unpaired) electrons. The normalized spacial score (nSPS) is 15.0. The molecule has 1 amide bonds. The van der Waals surface area contributed by atoms with E-state index in [0.717, 1.165) is 30.9 Å². The van der Waals surface area contributed by atoms with Gasteiger partial charge < -0.3 is 5.32 Å². The van der Waals surface area contributed by atoms with E-state index < -0.39 is 5.82 Å². The van der Waals surface area contributed by atoms with Crippen molar-refractivity contribution in [3.8, 4) is 0 Å². The summed E-state index contributed by atoms with van der Waals surface area (Å²) in [5, 5.41) is 2.90. The summed E-state index contributed by atoms with van der Waals surface area (Å²) in [5.41, 5.74) is 2.22. The number of anilines is 1. The summed E-state index contributed by atoms with van der Waals surface area (Å²) in [6, 6.07) is 13.5. The van der Waals surface area contributed by atoms with Gasteiger partial charge in [0.25, 0.3) is 5.91 Å². The summed E-state index contributed by atoms with van der Waals surface area (Å²) in [7, 11) is 0. The highest BCUT2D eigenvalue weighted by atomic mass is 19.1. The predicted octanol–water partition coefficient (Wildman–Crippen LogP) is 3.67. The third-order valence-corrected chi connectivity index (χ3v) is 3.95. The summed E-state index contributed by atoms with van der Waals surface area (Å²) in [6.45, 7) is 3.04. The van der Waals surface area contributed by atoms with E-state index in [4.69, 9.17) is 0 Å². The van der Waals surface area contributed by atoms with Gasteiger partial charge in [0.1, 0.15) is 5.82 Å². The van der Waals surface area contributed by atoms with E-state index in [2.05, 4.69) is 10.2 Å². The molecule has 114 valence electrons. The van der Waals surface area contributed by atoms with Crippen LogP contribution in [-0.4, -0.2) is 23.9 Å².